The number of aliphatic hydroxyl groups excluding tert-OH is 1. The van der Waals surface area contributed by atoms with E-state index in [0.717, 1.165) is 43.2 Å². The van der Waals surface area contributed by atoms with E-state index in [9.17, 15) is 9.90 Å². The van der Waals surface area contributed by atoms with Crippen molar-refractivity contribution in [2.75, 3.05) is 0 Å². The molecule has 0 atom stereocenters. The van der Waals surface area contributed by atoms with Crippen LogP contribution in [0.5, 0.6) is 0 Å². The summed E-state index contributed by atoms with van der Waals surface area (Å²) >= 11 is 0. The molecule has 0 saturated carbocycles. The average molecular weight is 393 g/mol. The van der Waals surface area contributed by atoms with Gasteiger partial charge in [-0.1, -0.05) is 77.1 Å². The van der Waals surface area contributed by atoms with Crippen molar-refractivity contribution in [2.45, 2.75) is 78.6 Å². The first-order valence-electron chi connectivity index (χ1n) is 11.2. The predicted octanol–water partition coefficient (Wildman–Crippen LogP) is 7.84. The van der Waals surface area contributed by atoms with Crippen LogP contribution in [-0.2, 0) is 6.42 Å². The largest absolute Gasteiger partial charge is 0.504 e. The van der Waals surface area contributed by atoms with Crippen LogP contribution in [0.4, 0.5) is 0 Å². The van der Waals surface area contributed by atoms with Gasteiger partial charge in [-0.05, 0) is 72.3 Å². The number of carbonyl (C=O) groups excluding carboxylic acids is 1. The minimum Gasteiger partial charge on any atom is -0.504 e. The van der Waals surface area contributed by atoms with Crippen molar-refractivity contribution < 1.29 is 9.90 Å². The van der Waals surface area contributed by atoms with E-state index >= 15 is 0 Å². The van der Waals surface area contributed by atoms with Gasteiger partial charge in [-0.25, -0.2) is 0 Å². The summed E-state index contributed by atoms with van der Waals surface area (Å²) in [5.74, 6) is 0.293. The fourth-order valence-electron chi connectivity index (χ4n) is 4.28. The van der Waals surface area contributed by atoms with Gasteiger partial charge in [0.1, 0.15) is 0 Å². The molecule has 0 unspecified atom stereocenters. The Morgan fingerprint density at radius 2 is 1.52 bits per heavy atom. The molecule has 2 aromatic carbocycles. The van der Waals surface area contributed by atoms with Crippen LogP contribution in [0.25, 0.3) is 6.08 Å². The maximum atomic E-state index is 13.3. The lowest BCUT2D eigenvalue weighted by molar-refractivity contribution is 0.0978. The number of rotatable bonds is 10. The van der Waals surface area contributed by atoms with Gasteiger partial charge in [0.15, 0.2) is 5.76 Å². The Kier molecular flexibility index (Phi) is 8.70. The van der Waals surface area contributed by atoms with E-state index in [1.54, 1.807) is 6.08 Å². The molecule has 0 bridgehead atoms. The number of benzene rings is 2. The predicted molar refractivity (Wildman–Crippen MR) is 124 cm³/mol. The number of ketones is 1. The van der Waals surface area contributed by atoms with Crippen LogP contribution in [-0.4, -0.2) is 10.9 Å². The SMILES string of the molecule is CCc1cccc(C=C(O)C(=O)c2cccc(C(CC)CC)c2C(CC)CC)c1. The third kappa shape index (κ3) is 5.38. The normalized spacial score (nSPS) is 12.0. The Labute approximate surface area is 176 Å². The van der Waals surface area contributed by atoms with Gasteiger partial charge in [0.25, 0.3) is 0 Å². The molecule has 0 amide bonds. The number of hydrogen-bond acceptors (Lipinski definition) is 2. The van der Waals surface area contributed by atoms with Gasteiger partial charge in [0.2, 0.25) is 5.78 Å². The standard InChI is InChI=1S/C27H36O2/c1-6-19-13-11-14-20(17-19)18-25(28)27(29)24-16-12-15-23(21(7-2)8-3)26(24)22(9-4)10-5/h11-18,21-22,28H,6-10H2,1-5H3. The summed E-state index contributed by atoms with van der Waals surface area (Å²) in [6.45, 7) is 10.9. The molecule has 0 heterocycles. The number of aliphatic hydroxyl groups is 1. The van der Waals surface area contributed by atoms with E-state index < -0.39 is 0 Å². The summed E-state index contributed by atoms with van der Waals surface area (Å²) in [5.41, 5.74) is 5.11. The summed E-state index contributed by atoms with van der Waals surface area (Å²) < 4.78 is 0. The molecular formula is C27H36O2. The molecule has 0 radical (unpaired) electrons. The van der Waals surface area contributed by atoms with Crippen LogP contribution in [0.15, 0.2) is 48.2 Å². The van der Waals surface area contributed by atoms with Crippen molar-refractivity contribution in [3.05, 3.63) is 76.0 Å². The van der Waals surface area contributed by atoms with Crippen molar-refractivity contribution in [1.82, 2.24) is 0 Å². The van der Waals surface area contributed by atoms with Gasteiger partial charge in [-0.2, -0.15) is 0 Å². The van der Waals surface area contributed by atoms with Gasteiger partial charge < -0.3 is 5.11 Å². The topological polar surface area (TPSA) is 37.3 Å². The first kappa shape index (κ1) is 22.9. The van der Waals surface area contributed by atoms with Gasteiger partial charge in [0.05, 0.1) is 0 Å². The molecule has 0 aliphatic carbocycles. The van der Waals surface area contributed by atoms with Crippen LogP contribution in [0.1, 0.15) is 105 Å². The molecule has 0 spiro atoms. The Morgan fingerprint density at radius 1 is 0.897 bits per heavy atom. The van der Waals surface area contributed by atoms with Crippen molar-refractivity contribution in [1.29, 1.82) is 0 Å². The number of carbonyl (C=O) groups is 1. The first-order valence-corrected chi connectivity index (χ1v) is 11.2. The number of hydrogen-bond donors (Lipinski definition) is 1. The highest BCUT2D eigenvalue weighted by molar-refractivity contribution is 6.10. The second-order valence-corrected chi connectivity index (χ2v) is 7.79. The van der Waals surface area contributed by atoms with Crippen LogP contribution in [0.3, 0.4) is 0 Å². The van der Waals surface area contributed by atoms with Crippen molar-refractivity contribution in [2.24, 2.45) is 0 Å². The van der Waals surface area contributed by atoms with E-state index in [0.29, 0.717) is 17.4 Å². The van der Waals surface area contributed by atoms with E-state index in [2.05, 4.69) is 46.8 Å². The number of aryl methyl sites for hydroxylation is 1. The second-order valence-electron chi connectivity index (χ2n) is 7.79. The zero-order valence-corrected chi connectivity index (χ0v) is 18.7. The molecule has 0 aliphatic rings. The lowest BCUT2D eigenvalue weighted by atomic mass is 9.79. The fourth-order valence-corrected chi connectivity index (χ4v) is 4.28. The quantitative estimate of drug-likeness (QED) is 0.254. The Morgan fingerprint density at radius 3 is 2.10 bits per heavy atom. The third-order valence-corrected chi connectivity index (χ3v) is 6.10. The Hall–Kier alpha value is -2.35. The molecule has 2 heteroatoms. The fraction of sp³-hybridized carbons (Fsp3) is 0.444. The molecule has 156 valence electrons. The van der Waals surface area contributed by atoms with Gasteiger partial charge in [-0.3, -0.25) is 4.79 Å². The van der Waals surface area contributed by atoms with Gasteiger partial charge in [0, 0.05) is 5.56 Å². The van der Waals surface area contributed by atoms with E-state index in [1.807, 2.05) is 30.3 Å². The summed E-state index contributed by atoms with van der Waals surface area (Å²) in [5, 5.41) is 10.7. The van der Waals surface area contributed by atoms with Crippen LogP contribution in [0, 0.1) is 0 Å². The molecule has 1 N–H and O–H groups in total. The molecule has 0 fully saturated rings. The Bertz CT molecular complexity index is 839. The monoisotopic (exact) mass is 392 g/mol. The Balaban J connectivity index is 2.55. The highest BCUT2D eigenvalue weighted by Crippen LogP contribution is 2.37. The van der Waals surface area contributed by atoms with Crippen LogP contribution >= 0.6 is 0 Å². The van der Waals surface area contributed by atoms with E-state index in [-0.39, 0.29) is 11.5 Å². The number of Topliss-reactive ketones (excluding diaryl/α,β-unsaturated/α-hetero) is 1. The van der Waals surface area contributed by atoms with Crippen LogP contribution in [0.2, 0.25) is 0 Å². The maximum Gasteiger partial charge on any atom is 0.227 e. The van der Waals surface area contributed by atoms with Crippen molar-refractivity contribution >= 4 is 11.9 Å². The minimum absolute atomic E-state index is 0.188. The number of allylic oxidation sites excluding steroid dienone is 1. The highest BCUT2D eigenvalue weighted by atomic mass is 16.3. The van der Waals surface area contributed by atoms with Gasteiger partial charge >= 0.3 is 0 Å². The minimum atomic E-state index is -0.276. The third-order valence-electron chi connectivity index (χ3n) is 6.10. The van der Waals surface area contributed by atoms with E-state index in [1.165, 1.54) is 11.1 Å². The zero-order chi connectivity index (χ0) is 21.4. The summed E-state index contributed by atoms with van der Waals surface area (Å²) in [4.78, 5) is 13.3. The molecular weight excluding hydrogens is 356 g/mol. The van der Waals surface area contributed by atoms with Gasteiger partial charge in [-0.15, -0.1) is 0 Å². The molecule has 0 saturated heterocycles. The molecule has 29 heavy (non-hydrogen) atoms. The second kappa shape index (κ2) is 11.0. The maximum absolute atomic E-state index is 13.3. The lowest BCUT2D eigenvalue weighted by Crippen LogP contribution is -2.14. The molecule has 0 aromatic heterocycles. The zero-order valence-electron chi connectivity index (χ0n) is 18.7. The van der Waals surface area contributed by atoms with Crippen LogP contribution < -0.4 is 0 Å². The average Bonchev–Trinajstić information content (AvgIpc) is 2.75. The molecule has 2 aromatic rings. The summed E-state index contributed by atoms with van der Waals surface area (Å²) in [6, 6.07) is 14.0. The smallest absolute Gasteiger partial charge is 0.227 e. The first-order chi connectivity index (χ1) is 14.0. The molecule has 0 aliphatic heterocycles. The molecule has 2 nitrogen and oxygen atoms in total. The lowest BCUT2D eigenvalue weighted by Gasteiger charge is -2.25. The summed E-state index contributed by atoms with van der Waals surface area (Å²) in [7, 11) is 0. The van der Waals surface area contributed by atoms with Crippen molar-refractivity contribution in [3.63, 3.8) is 0 Å². The molecule has 2 rings (SSSR count). The van der Waals surface area contributed by atoms with Crippen molar-refractivity contribution in [3.8, 4) is 0 Å². The summed E-state index contributed by atoms with van der Waals surface area (Å²) in [6.07, 6.45) is 6.59. The highest BCUT2D eigenvalue weighted by Gasteiger charge is 2.25. The van der Waals surface area contributed by atoms with E-state index in [4.69, 9.17) is 0 Å².